The van der Waals surface area contributed by atoms with Crippen molar-refractivity contribution in [1.82, 2.24) is 15.0 Å². The summed E-state index contributed by atoms with van der Waals surface area (Å²) in [6, 6.07) is 6.02. The van der Waals surface area contributed by atoms with Gasteiger partial charge in [-0.25, -0.2) is 9.97 Å². The van der Waals surface area contributed by atoms with Gasteiger partial charge in [-0.05, 0) is 24.6 Å². The predicted octanol–water partition coefficient (Wildman–Crippen LogP) is 2.85. The van der Waals surface area contributed by atoms with Crippen LogP contribution in [0.2, 0.25) is 5.02 Å². The van der Waals surface area contributed by atoms with E-state index in [9.17, 15) is 5.11 Å². The van der Waals surface area contributed by atoms with Gasteiger partial charge in [-0.15, -0.1) is 11.3 Å². The topological polar surface area (TPSA) is 97.4 Å². The molecule has 1 atom stereocenters. The Hall–Kier alpha value is -2.70. The predicted molar refractivity (Wildman–Crippen MR) is 116 cm³/mol. The van der Waals surface area contributed by atoms with E-state index in [1.165, 1.54) is 23.1 Å². The summed E-state index contributed by atoms with van der Waals surface area (Å²) in [6.07, 6.45) is 3.16. The van der Waals surface area contributed by atoms with Gasteiger partial charge in [-0.2, -0.15) is 4.98 Å². The molecule has 0 radical (unpaired) electrons. The zero-order chi connectivity index (χ0) is 20.9. The maximum absolute atomic E-state index is 10.7. The third-order valence-electron chi connectivity index (χ3n) is 5.38. The number of hydrogen-bond donors (Lipinski definition) is 2. The fourth-order valence-electron chi connectivity index (χ4n) is 3.81. The van der Waals surface area contributed by atoms with E-state index in [1.807, 2.05) is 22.4 Å². The standard InChI is InChI=1S/C21H18ClN5O2S/c1-20(28,18-24-6-7-30-18)5-4-13-2-3-14-16(8-13)27(10-21(14)11-29-12-21)17-15(22)9-25-19(23)26-17/h2-3,6-9,28H,10-12H2,1H3,(H2,23,25,26)/t20-/m0/s1. The van der Waals surface area contributed by atoms with Crippen LogP contribution in [-0.4, -0.2) is 39.8 Å². The molecular formula is C21H18ClN5O2S. The maximum Gasteiger partial charge on any atom is 0.222 e. The second kappa shape index (κ2) is 6.93. The van der Waals surface area contributed by atoms with Crippen LogP contribution in [0.5, 0.6) is 0 Å². The SMILES string of the molecule is C[C@](O)(C#Cc1ccc2c(c1)N(c1nc(N)ncc1Cl)CC21COC1)c1nccs1. The van der Waals surface area contributed by atoms with Crippen LogP contribution in [-0.2, 0) is 15.8 Å². The van der Waals surface area contributed by atoms with Crippen LogP contribution in [0.3, 0.4) is 0 Å². The van der Waals surface area contributed by atoms with Crippen molar-refractivity contribution in [3.63, 3.8) is 0 Å². The molecule has 1 saturated heterocycles. The number of rotatable bonds is 2. The smallest absolute Gasteiger partial charge is 0.222 e. The molecule has 2 aromatic heterocycles. The Labute approximate surface area is 182 Å². The summed E-state index contributed by atoms with van der Waals surface area (Å²) in [5.41, 5.74) is 7.29. The molecule has 1 spiro atoms. The molecular weight excluding hydrogens is 422 g/mol. The van der Waals surface area contributed by atoms with E-state index >= 15 is 0 Å². The van der Waals surface area contributed by atoms with Crippen molar-refractivity contribution in [2.75, 3.05) is 30.4 Å². The highest BCUT2D eigenvalue weighted by Gasteiger charge is 2.49. The molecule has 2 aliphatic rings. The number of nitrogens with zero attached hydrogens (tertiary/aromatic N) is 4. The van der Waals surface area contributed by atoms with Gasteiger partial charge in [0.1, 0.15) is 10.0 Å². The molecule has 5 rings (SSSR count). The summed E-state index contributed by atoms with van der Waals surface area (Å²) in [6.45, 7) is 3.60. The van der Waals surface area contributed by atoms with E-state index in [2.05, 4.69) is 32.9 Å². The van der Waals surface area contributed by atoms with E-state index in [-0.39, 0.29) is 11.4 Å². The zero-order valence-electron chi connectivity index (χ0n) is 16.1. The van der Waals surface area contributed by atoms with E-state index in [1.54, 1.807) is 13.1 Å². The van der Waals surface area contributed by atoms with Gasteiger partial charge in [0.05, 0.1) is 24.8 Å². The molecule has 0 saturated carbocycles. The van der Waals surface area contributed by atoms with Crippen molar-refractivity contribution in [1.29, 1.82) is 0 Å². The minimum atomic E-state index is -1.32. The largest absolute Gasteiger partial charge is 0.379 e. The number of benzene rings is 1. The van der Waals surface area contributed by atoms with Gasteiger partial charge in [0.15, 0.2) is 11.4 Å². The summed E-state index contributed by atoms with van der Waals surface area (Å²) in [7, 11) is 0. The third-order valence-corrected chi connectivity index (χ3v) is 6.63. The number of fused-ring (bicyclic) bond motifs is 2. The molecule has 0 unspecified atom stereocenters. The Morgan fingerprint density at radius 2 is 2.20 bits per heavy atom. The number of halogens is 1. The monoisotopic (exact) mass is 439 g/mol. The lowest BCUT2D eigenvalue weighted by atomic mass is 9.80. The van der Waals surface area contributed by atoms with Crippen molar-refractivity contribution in [2.24, 2.45) is 0 Å². The van der Waals surface area contributed by atoms with Crippen molar-refractivity contribution >= 4 is 40.4 Å². The Morgan fingerprint density at radius 3 is 2.90 bits per heavy atom. The fraction of sp³-hybridized carbons (Fsp3) is 0.286. The molecule has 0 bridgehead atoms. The van der Waals surface area contributed by atoms with E-state index < -0.39 is 5.60 Å². The Kier molecular flexibility index (Phi) is 4.45. The average molecular weight is 440 g/mol. The van der Waals surface area contributed by atoms with E-state index in [0.717, 1.165) is 11.3 Å². The number of nitrogen functional groups attached to an aromatic ring is 1. The fourth-order valence-corrected chi connectivity index (χ4v) is 4.66. The summed E-state index contributed by atoms with van der Waals surface area (Å²) in [5, 5.41) is 13.5. The van der Waals surface area contributed by atoms with Crippen molar-refractivity contribution in [3.8, 4) is 11.8 Å². The van der Waals surface area contributed by atoms with Gasteiger partial charge >= 0.3 is 0 Å². The number of nitrogens with two attached hydrogens (primary N) is 1. The lowest BCUT2D eigenvalue weighted by Crippen LogP contribution is -2.49. The van der Waals surface area contributed by atoms with Crippen LogP contribution in [0.4, 0.5) is 17.5 Å². The second-order valence-electron chi connectivity index (χ2n) is 7.65. The average Bonchev–Trinajstić information content (AvgIpc) is 3.35. The summed E-state index contributed by atoms with van der Waals surface area (Å²) < 4.78 is 5.53. The van der Waals surface area contributed by atoms with Crippen LogP contribution in [0.15, 0.2) is 36.0 Å². The first kappa shape index (κ1) is 19.3. The van der Waals surface area contributed by atoms with Crippen LogP contribution in [0, 0.1) is 11.8 Å². The Bertz CT molecular complexity index is 1180. The second-order valence-corrected chi connectivity index (χ2v) is 8.95. The van der Waals surface area contributed by atoms with Gasteiger partial charge < -0.3 is 20.5 Å². The first-order valence-electron chi connectivity index (χ1n) is 9.31. The highest BCUT2D eigenvalue weighted by molar-refractivity contribution is 7.09. The highest BCUT2D eigenvalue weighted by Crippen LogP contribution is 2.49. The molecule has 152 valence electrons. The number of hydrogen-bond acceptors (Lipinski definition) is 8. The maximum atomic E-state index is 10.7. The molecule has 0 amide bonds. The normalized spacial score (nSPS) is 18.3. The minimum Gasteiger partial charge on any atom is -0.379 e. The van der Waals surface area contributed by atoms with E-state index in [0.29, 0.717) is 35.6 Å². The Morgan fingerprint density at radius 1 is 1.37 bits per heavy atom. The lowest BCUT2D eigenvalue weighted by molar-refractivity contribution is -0.0506. The number of aromatic nitrogens is 3. The van der Waals surface area contributed by atoms with Gasteiger partial charge in [0, 0.05) is 29.4 Å². The van der Waals surface area contributed by atoms with Crippen molar-refractivity contribution < 1.29 is 9.84 Å². The van der Waals surface area contributed by atoms with Crippen molar-refractivity contribution in [3.05, 3.63) is 57.1 Å². The Balaban J connectivity index is 1.56. The summed E-state index contributed by atoms with van der Waals surface area (Å²) in [4.78, 5) is 14.5. The molecule has 1 aromatic carbocycles. The van der Waals surface area contributed by atoms with Gasteiger partial charge in [0.25, 0.3) is 0 Å². The lowest BCUT2D eigenvalue weighted by Gasteiger charge is -2.38. The van der Waals surface area contributed by atoms with Gasteiger partial charge in [0.2, 0.25) is 5.95 Å². The summed E-state index contributed by atoms with van der Waals surface area (Å²) in [5.74, 6) is 6.74. The third kappa shape index (κ3) is 3.11. The quantitative estimate of drug-likeness (QED) is 0.592. The molecule has 3 N–H and O–H groups in total. The molecule has 4 heterocycles. The zero-order valence-corrected chi connectivity index (χ0v) is 17.7. The van der Waals surface area contributed by atoms with Crippen LogP contribution < -0.4 is 10.6 Å². The summed E-state index contributed by atoms with van der Waals surface area (Å²) >= 11 is 7.76. The molecule has 9 heteroatoms. The number of thiazole rings is 1. The molecule has 3 aromatic rings. The van der Waals surface area contributed by atoms with Gasteiger partial charge in [-0.1, -0.05) is 29.5 Å². The molecule has 1 fully saturated rings. The highest BCUT2D eigenvalue weighted by atomic mass is 35.5. The molecule has 0 aliphatic carbocycles. The molecule has 30 heavy (non-hydrogen) atoms. The van der Waals surface area contributed by atoms with Crippen LogP contribution in [0.1, 0.15) is 23.1 Å². The molecule has 2 aliphatic heterocycles. The van der Waals surface area contributed by atoms with Crippen LogP contribution >= 0.6 is 22.9 Å². The number of aliphatic hydroxyl groups is 1. The molecule has 7 nitrogen and oxygen atoms in total. The van der Waals surface area contributed by atoms with Gasteiger partial charge in [-0.3, -0.25) is 0 Å². The minimum absolute atomic E-state index is 0.100. The van der Waals surface area contributed by atoms with E-state index in [4.69, 9.17) is 22.1 Å². The number of ether oxygens (including phenoxy) is 1. The first-order valence-corrected chi connectivity index (χ1v) is 10.6. The first-order chi connectivity index (χ1) is 14.4. The van der Waals surface area contributed by atoms with Crippen molar-refractivity contribution in [2.45, 2.75) is 17.9 Å². The number of anilines is 3. The van der Waals surface area contributed by atoms with Crippen LogP contribution in [0.25, 0.3) is 0 Å².